The largest absolute Gasteiger partial charge is 0.480 e. The number of nitrogens with zero attached hydrogens (tertiary/aromatic N) is 1. The van der Waals surface area contributed by atoms with Crippen molar-refractivity contribution >= 4 is 12.4 Å². The lowest BCUT2D eigenvalue weighted by Crippen LogP contribution is -2.32. The van der Waals surface area contributed by atoms with Crippen LogP contribution in [0, 0.1) is 0 Å². The fraction of sp³-hybridized carbons (Fsp3) is 0.286. The standard InChI is InChI=1S/C7H9N3O4/c8-5(6(12)13)1-4-2-10(3-11)7(14)9-4/h2-3,5H,1,8H2,(H,9,14)(H,12,13). The maximum absolute atomic E-state index is 10.9. The first-order chi connectivity index (χ1) is 6.54. The number of nitrogens with two attached hydrogens (primary N) is 1. The fourth-order valence-electron chi connectivity index (χ4n) is 0.967. The van der Waals surface area contributed by atoms with Gasteiger partial charge in [0.1, 0.15) is 6.04 Å². The Bertz CT molecular complexity index is 405. The van der Waals surface area contributed by atoms with Crippen molar-refractivity contribution in [1.82, 2.24) is 9.55 Å². The molecular weight excluding hydrogens is 190 g/mol. The minimum atomic E-state index is -1.16. The van der Waals surface area contributed by atoms with Crippen LogP contribution in [0.2, 0.25) is 0 Å². The van der Waals surface area contributed by atoms with Crippen molar-refractivity contribution < 1.29 is 14.7 Å². The molecule has 0 aliphatic heterocycles. The van der Waals surface area contributed by atoms with Crippen molar-refractivity contribution in [2.24, 2.45) is 5.73 Å². The molecule has 1 rings (SSSR count). The van der Waals surface area contributed by atoms with E-state index in [1.54, 1.807) is 0 Å². The summed E-state index contributed by atoms with van der Waals surface area (Å²) >= 11 is 0. The summed E-state index contributed by atoms with van der Waals surface area (Å²) < 4.78 is 0.782. The Hall–Kier alpha value is -1.89. The molecule has 0 bridgehead atoms. The van der Waals surface area contributed by atoms with E-state index in [0.29, 0.717) is 12.1 Å². The van der Waals surface area contributed by atoms with E-state index in [9.17, 15) is 14.4 Å². The Morgan fingerprint density at radius 1 is 1.79 bits per heavy atom. The van der Waals surface area contributed by atoms with Crippen LogP contribution in [0.1, 0.15) is 5.69 Å². The van der Waals surface area contributed by atoms with Gasteiger partial charge in [-0.05, 0) is 0 Å². The number of carboxylic acid groups (broad SMARTS) is 1. The van der Waals surface area contributed by atoms with Crippen LogP contribution in [-0.4, -0.2) is 33.1 Å². The van der Waals surface area contributed by atoms with Crippen molar-refractivity contribution in [3.63, 3.8) is 0 Å². The van der Waals surface area contributed by atoms with Gasteiger partial charge >= 0.3 is 11.7 Å². The van der Waals surface area contributed by atoms with Gasteiger partial charge in [0.25, 0.3) is 0 Å². The molecule has 7 nitrogen and oxygen atoms in total. The Kier molecular flexibility index (Phi) is 2.82. The van der Waals surface area contributed by atoms with E-state index in [-0.39, 0.29) is 6.42 Å². The zero-order valence-corrected chi connectivity index (χ0v) is 7.14. The number of imidazole rings is 1. The molecule has 14 heavy (non-hydrogen) atoms. The van der Waals surface area contributed by atoms with E-state index in [1.165, 1.54) is 6.20 Å². The molecule has 1 unspecified atom stereocenters. The lowest BCUT2D eigenvalue weighted by Gasteiger charge is -2.02. The molecule has 1 atom stereocenters. The van der Waals surface area contributed by atoms with Crippen LogP contribution in [-0.2, 0) is 16.0 Å². The molecule has 4 N–H and O–H groups in total. The molecule has 0 saturated carbocycles. The molecule has 0 spiro atoms. The molecule has 0 aliphatic carbocycles. The van der Waals surface area contributed by atoms with Crippen molar-refractivity contribution in [3.05, 3.63) is 22.4 Å². The van der Waals surface area contributed by atoms with Crippen molar-refractivity contribution in [2.75, 3.05) is 0 Å². The summed E-state index contributed by atoms with van der Waals surface area (Å²) in [4.78, 5) is 33.9. The minimum Gasteiger partial charge on any atom is -0.480 e. The lowest BCUT2D eigenvalue weighted by atomic mass is 10.2. The third kappa shape index (κ3) is 2.07. The molecule has 0 fully saturated rings. The number of aliphatic carboxylic acids is 1. The number of nitrogens with one attached hydrogen (secondary N) is 1. The lowest BCUT2D eigenvalue weighted by molar-refractivity contribution is -0.138. The van der Waals surface area contributed by atoms with Crippen LogP contribution in [0.15, 0.2) is 11.0 Å². The Labute approximate surface area is 78.1 Å². The van der Waals surface area contributed by atoms with Crippen LogP contribution >= 0.6 is 0 Å². The van der Waals surface area contributed by atoms with Crippen LogP contribution in [0.3, 0.4) is 0 Å². The second-order valence-electron chi connectivity index (χ2n) is 2.75. The fourth-order valence-corrected chi connectivity index (χ4v) is 0.967. The number of carboxylic acids is 1. The SMILES string of the molecule is NC(Cc1cn(C=O)c(=O)[nH]1)C(=O)O. The second kappa shape index (κ2) is 3.88. The van der Waals surface area contributed by atoms with Crippen molar-refractivity contribution in [2.45, 2.75) is 12.5 Å². The molecule has 0 amide bonds. The molecule has 1 heterocycles. The van der Waals surface area contributed by atoms with Gasteiger partial charge in [0, 0.05) is 18.3 Å². The van der Waals surface area contributed by atoms with E-state index >= 15 is 0 Å². The van der Waals surface area contributed by atoms with Crippen LogP contribution in [0.25, 0.3) is 0 Å². The van der Waals surface area contributed by atoms with Gasteiger partial charge in [0.15, 0.2) is 0 Å². The van der Waals surface area contributed by atoms with Gasteiger partial charge in [-0.25, -0.2) is 9.36 Å². The molecule has 0 aromatic carbocycles. The summed E-state index contributed by atoms with van der Waals surface area (Å²) in [6, 6.07) is -1.09. The first-order valence-corrected chi connectivity index (χ1v) is 3.78. The van der Waals surface area contributed by atoms with Crippen molar-refractivity contribution in [3.8, 4) is 0 Å². The Balaban J connectivity index is 2.83. The van der Waals surface area contributed by atoms with Crippen LogP contribution in [0.5, 0.6) is 0 Å². The summed E-state index contributed by atoms with van der Waals surface area (Å²) in [5.74, 6) is -1.16. The van der Waals surface area contributed by atoms with Gasteiger partial charge in [-0.15, -0.1) is 0 Å². The average molecular weight is 199 g/mol. The van der Waals surface area contributed by atoms with Gasteiger partial charge in [-0.2, -0.15) is 0 Å². The van der Waals surface area contributed by atoms with Gasteiger partial charge in [0.2, 0.25) is 6.41 Å². The van der Waals surface area contributed by atoms with E-state index in [0.717, 1.165) is 4.57 Å². The first kappa shape index (κ1) is 10.2. The average Bonchev–Trinajstić information content (AvgIpc) is 2.45. The molecule has 1 aromatic heterocycles. The molecule has 0 radical (unpaired) electrons. The highest BCUT2D eigenvalue weighted by Crippen LogP contribution is 1.95. The Morgan fingerprint density at radius 2 is 2.43 bits per heavy atom. The maximum Gasteiger partial charge on any atom is 0.332 e. The highest BCUT2D eigenvalue weighted by atomic mass is 16.4. The summed E-state index contributed by atoms with van der Waals surface area (Å²) in [5.41, 5.74) is 4.94. The van der Waals surface area contributed by atoms with Gasteiger partial charge in [-0.1, -0.05) is 0 Å². The summed E-state index contributed by atoms with van der Waals surface area (Å²) in [6.07, 6.45) is 1.53. The van der Waals surface area contributed by atoms with E-state index in [2.05, 4.69) is 4.98 Å². The third-order valence-corrected chi connectivity index (χ3v) is 1.67. The number of rotatable bonds is 4. The normalized spacial score (nSPS) is 12.4. The quantitative estimate of drug-likeness (QED) is 0.493. The molecule has 0 aliphatic rings. The zero-order chi connectivity index (χ0) is 10.7. The minimum absolute atomic E-state index is 0.0224. The summed E-state index contributed by atoms with van der Waals surface area (Å²) in [5, 5.41) is 8.48. The second-order valence-corrected chi connectivity index (χ2v) is 2.75. The number of hydrogen-bond acceptors (Lipinski definition) is 4. The number of H-pyrrole nitrogens is 1. The predicted octanol–water partition coefficient (Wildman–Crippen LogP) is -1.83. The van der Waals surface area contributed by atoms with Gasteiger partial charge in [-0.3, -0.25) is 9.59 Å². The predicted molar refractivity (Wildman–Crippen MR) is 46.5 cm³/mol. The first-order valence-electron chi connectivity index (χ1n) is 3.78. The summed E-state index contributed by atoms with van der Waals surface area (Å²) in [6.45, 7) is 0. The van der Waals surface area contributed by atoms with Gasteiger partial charge < -0.3 is 15.8 Å². The van der Waals surface area contributed by atoms with Crippen LogP contribution < -0.4 is 11.4 Å². The highest BCUT2D eigenvalue weighted by Gasteiger charge is 2.13. The van der Waals surface area contributed by atoms with E-state index in [1.807, 2.05) is 0 Å². The molecular formula is C7H9N3O4. The number of hydrogen-bond donors (Lipinski definition) is 3. The monoisotopic (exact) mass is 199 g/mol. The number of carbonyl (C=O) groups excluding carboxylic acids is 1. The Morgan fingerprint density at radius 3 is 2.86 bits per heavy atom. The third-order valence-electron chi connectivity index (χ3n) is 1.67. The van der Waals surface area contributed by atoms with E-state index in [4.69, 9.17) is 10.8 Å². The van der Waals surface area contributed by atoms with E-state index < -0.39 is 17.7 Å². The van der Waals surface area contributed by atoms with Gasteiger partial charge in [0.05, 0.1) is 0 Å². The maximum atomic E-state index is 10.9. The number of aromatic amines is 1. The molecule has 0 saturated heterocycles. The zero-order valence-electron chi connectivity index (χ0n) is 7.14. The van der Waals surface area contributed by atoms with Crippen molar-refractivity contribution in [1.29, 1.82) is 0 Å². The molecule has 76 valence electrons. The number of carbonyl (C=O) groups is 2. The molecule has 1 aromatic rings. The highest BCUT2D eigenvalue weighted by molar-refractivity contribution is 5.73. The topological polar surface area (TPSA) is 118 Å². The molecule has 7 heteroatoms. The van der Waals surface area contributed by atoms with Crippen LogP contribution in [0.4, 0.5) is 0 Å². The number of aromatic nitrogens is 2. The summed E-state index contributed by atoms with van der Waals surface area (Å²) in [7, 11) is 0. The smallest absolute Gasteiger partial charge is 0.332 e.